The van der Waals surface area contributed by atoms with Crippen molar-refractivity contribution < 1.29 is 27.3 Å². The second-order valence-corrected chi connectivity index (χ2v) is 25.5. The van der Waals surface area contributed by atoms with Crippen molar-refractivity contribution in [2.75, 3.05) is 19.1 Å². The lowest BCUT2D eigenvalue weighted by Crippen LogP contribution is -2.56. The normalized spacial score (nSPS) is 27.2. The summed E-state index contributed by atoms with van der Waals surface area (Å²) < 4.78 is 42.8. The number of nitrogens with zero attached hydrogens (tertiary/aromatic N) is 2. The lowest BCUT2D eigenvalue weighted by molar-refractivity contribution is -0.177. The molecule has 0 saturated carbocycles. The highest BCUT2D eigenvalue weighted by atomic mass is 32.2. The van der Waals surface area contributed by atoms with Crippen LogP contribution in [0.1, 0.15) is 55.4 Å². The summed E-state index contributed by atoms with van der Waals surface area (Å²) in [5.41, 5.74) is 0. The van der Waals surface area contributed by atoms with Gasteiger partial charge >= 0.3 is 0 Å². The number of ether oxygens (including phenoxy) is 2. The number of hydrogen-bond donors (Lipinski definition) is 0. The first kappa shape index (κ1) is 29.9. The fourth-order valence-corrected chi connectivity index (χ4v) is 6.53. The van der Waals surface area contributed by atoms with Gasteiger partial charge in [0.15, 0.2) is 28.5 Å². The van der Waals surface area contributed by atoms with Crippen LogP contribution in [-0.2, 0) is 32.8 Å². The van der Waals surface area contributed by atoms with Gasteiger partial charge in [0.25, 0.3) is 5.91 Å². The van der Waals surface area contributed by atoms with Gasteiger partial charge < -0.3 is 18.3 Å². The first-order chi connectivity index (χ1) is 14.9. The second kappa shape index (κ2) is 9.22. The summed E-state index contributed by atoms with van der Waals surface area (Å²) in [6.45, 7) is 25.8. The van der Waals surface area contributed by atoms with Crippen molar-refractivity contribution in [2.45, 2.75) is 122 Å². The highest BCUT2D eigenvalue weighted by Crippen LogP contribution is 2.44. The third-order valence-corrected chi connectivity index (χ3v) is 17.1. The van der Waals surface area contributed by atoms with Crippen LogP contribution in [0.3, 0.4) is 0 Å². The minimum atomic E-state index is -2.61. The van der Waals surface area contributed by atoms with Gasteiger partial charge in [0.2, 0.25) is 0 Å². The van der Waals surface area contributed by atoms with E-state index in [1.807, 2.05) is 0 Å². The molecule has 0 unspecified atom stereocenters. The molecule has 4 atom stereocenters. The Hall–Kier alpha value is -0.306. The molecule has 2 fully saturated rings. The van der Waals surface area contributed by atoms with E-state index in [0.29, 0.717) is 6.61 Å². The molecule has 0 aromatic carbocycles. The summed E-state index contributed by atoms with van der Waals surface area (Å²) in [5.74, 6) is -1.25. The Morgan fingerprint density at radius 3 is 1.97 bits per heavy atom. The van der Waals surface area contributed by atoms with Gasteiger partial charge in [-0.2, -0.15) is 0 Å². The van der Waals surface area contributed by atoms with Crippen LogP contribution in [-0.4, -0.2) is 81.0 Å². The molecular weight excluding hydrogens is 489 g/mol. The standard InChI is InChI=1S/C23H48N2O6SSi2/c1-21(2,3)33(11,12)28-15-16(31-34(13,14)22(4,5)6)17-18-19(30-23(7,8)29-18)20(26)25(17)24-32(9,10)27/h16-19H,15H2,1-14H3/t16-,17-,18-,19-/m0/s1. The van der Waals surface area contributed by atoms with E-state index in [-0.39, 0.29) is 16.0 Å². The Bertz CT molecular complexity index is 892. The summed E-state index contributed by atoms with van der Waals surface area (Å²) in [6.07, 6.45) is 1.13. The number of rotatable bonds is 7. The average Bonchev–Trinajstić information content (AvgIpc) is 3.00. The zero-order valence-corrected chi connectivity index (χ0v) is 26.6. The Morgan fingerprint density at radius 2 is 1.53 bits per heavy atom. The van der Waals surface area contributed by atoms with Gasteiger partial charge in [-0.25, -0.2) is 9.22 Å². The van der Waals surface area contributed by atoms with Crippen LogP contribution < -0.4 is 0 Å². The van der Waals surface area contributed by atoms with Crippen molar-refractivity contribution in [1.29, 1.82) is 0 Å². The third kappa shape index (κ3) is 6.52. The van der Waals surface area contributed by atoms with Crippen LogP contribution in [0, 0.1) is 0 Å². The fraction of sp³-hybridized carbons (Fsp3) is 0.957. The predicted octanol–water partition coefficient (Wildman–Crippen LogP) is 4.77. The first-order valence-electron chi connectivity index (χ1n) is 12.1. The summed E-state index contributed by atoms with van der Waals surface area (Å²) in [5, 5.41) is 1.28. The van der Waals surface area contributed by atoms with Gasteiger partial charge in [-0.05, 0) is 50.1 Å². The molecule has 200 valence electrons. The quantitative estimate of drug-likeness (QED) is 0.436. The van der Waals surface area contributed by atoms with Gasteiger partial charge in [-0.15, -0.1) is 4.47 Å². The SMILES string of the molecule is CC1(C)O[C@H]2[C@H]([C@H](CO[Si](C)(C)C(C)(C)C)O[Si](C)(C)C(C)(C)C)N(N=S(C)(C)=O)C(=O)[C@H]2O1. The van der Waals surface area contributed by atoms with E-state index >= 15 is 0 Å². The molecule has 2 aliphatic heterocycles. The number of hydrogen-bond acceptors (Lipinski definition) is 7. The second-order valence-electron chi connectivity index (χ2n) is 13.4. The zero-order chi connectivity index (χ0) is 26.7. The number of amides is 1. The van der Waals surface area contributed by atoms with Crippen LogP contribution in [0.15, 0.2) is 4.47 Å². The molecule has 0 N–H and O–H groups in total. The Labute approximate surface area is 209 Å². The van der Waals surface area contributed by atoms with E-state index in [0.717, 1.165) is 0 Å². The van der Waals surface area contributed by atoms with Gasteiger partial charge in [0.1, 0.15) is 12.1 Å². The van der Waals surface area contributed by atoms with Gasteiger partial charge in [0, 0.05) is 12.5 Å². The minimum Gasteiger partial charge on any atom is -0.414 e. The first-order valence-corrected chi connectivity index (χ1v) is 20.2. The van der Waals surface area contributed by atoms with E-state index < -0.39 is 56.5 Å². The topological polar surface area (TPSA) is 86.7 Å². The summed E-state index contributed by atoms with van der Waals surface area (Å²) in [4.78, 5) is 13.4. The summed E-state index contributed by atoms with van der Waals surface area (Å²) in [6, 6.07) is -0.598. The Morgan fingerprint density at radius 1 is 1.03 bits per heavy atom. The summed E-state index contributed by atoms with van der Waals surface area (Å²) >= 11 is 0. The maximum Gasteiger partial charge on any atom is 0.275 e. The molecule has 0 radical (unpaired) electrons. The Balaban J connectivity index is 2.57. The zero-order valence-electron chi connectivity index (χ0n) is 23.8. The maximum atomic E-state index is 13.4. The fourth-order valence-electron chi connectivity index (χ4n) is 3.59. The molecule has 34 heavy (non-hydrogen) atoms. The van der Waals surface area contributed by atoms with Gasteiger partial charge in [-0.3, -0.25) is 4.79 Å². The van der Waals surface area contributed by atoms with E-state index in [9.17, 15) is 9.00 Å². The largest absolute Gasteiger partial charge is 0.414 e. The molecule has 0 bridgehead atoms. The number of carbonyl (C=O) groups is 1. The molecule has 1 amide bonds. The monoisotopic (exact) mass is 536 g/mol. The Kier molecular flexibility index (Phi) is 8.11. The number of fused-ring (bicyclic) bond motifs is 1. The van der Waals surface area contributed by atoms with Crippen molar-refractivity contribution in [3.63, 3.8) is 0 Å². The van der Waals surface area contributed by atoms with E-state index in [1.54, 1.807) is 13.8 Å². The average molecular weight is 537 g/mol. The third-order valence-electron chi connectivity index (χ3n) is 7.55. The molecule has 0 aliphatic carbocycles. The van der Waals surface area contributed by atoms with Crippen molar-refractivity contribution in [3.05, 3.63) is 0 Å². The van der Waals surface area contributed by atoms with E-state index in [1.165, 1.54) is 17.5 Å². The molecule has 8 nitrogen and oxygen atoms in total. The smallest absolute Gasteiger partial charge is 0.275 e. The maximum absolute atomic E-state index is 13.4. The lowest BCUT2D eigenvalue weighted by Gasteiger charge is -2.44. The van der Waals surface area contributed by atoms with E-state index in [2.05, 4.69) is 72.2 Å². The molecular formula is C23H48N2O6SSi2. The van der Waals surface area contributed by atoms with Crippen molar-refractivity contribution in [1.82, 2.24) is 5.01 Å². The lowest BCUT2D eigenvalue weighted by atomic mass is 10.1. The molecule has 2 heterocycles. The highest BCUT2D eigenvalue weighted by molar-refractivity contribution is 7.92. The van der Waals surface area contributed by atoms with Gasteiger partial charge in [0.05, 0.1) is 22.4 Å². The van der Waals surface area contributed by atoms with Crippen molar-refractivity contribution in [3.8, 4) is 0 Å². The molecule has 2 rings (SSSR count). The van der Waals surface area contributed by atoms with Crippen molar-refractivity contribution >= 4 is 32.3 Å². The summed E-state index contributed by atoms with van der Waals surface area (Å²) in [7, 11) is -7.01. The van der Waals surface area contributed by atoms with E-state index in [4.69, 9.17) is 18.3 Å². The van der Waals surface area contributed by atoms with Crippen LogP contribution >= 0.6 is 0 Å². The molecule has 0 aromatic rings. The molecule has 0 spiro atoms. The van der Waals surface area contributed by atoms with Crippen LogP contribution in [0.2, 0.25) is 36.3 Å². The van der Waals surface area contributed by atoms with Crippen LogP contribution in [0.4, 0.5) is 0 Å². The molecule has 2 aliphatic rings. The molecule has 2 saturated heterocycles. The molecule has 0 aromatic heterocycles. The van der Waals surface area contributed by atoms with Gasteiger partial charge in [-0.1, -0.05) is 41.5 Å². The molecule has 11 heteroatoms. The van der Waals surface area contributed by atoms with Crippen LogP contribution in [0.5, 0.6) is 0 Å². The number of carbonyl (C=O) groups excluding carboxylic acids is 1. The highest BCUT2D eigenvalue weighted by Gasteiger charge is 2.61. The van der Waals surface area contributed by atoms with Crippen LogP contribution in [0.25, 0.3) is 0 Å². The minimum absolute atomic E-state index is 0.0166. The van der Waals surface area contributed by atoms with Crippen molar-refractivity contribution in [2.24, 2.45) is 4.47 Å². The predicted molar refractivity (Wildman–Crippen MR) is 142 cm³/mol.